The SMILES string of the molecule is COc1cc(/C=c2\sc3n(c2=O)[C@H](c2ccccc2)C(C(=O)Nc2ccccc2)=C(C)N=3)cc(Cl)c1OCCOc1ccc(C)c(C)c1. The molecule has 0 radical (unpaired) electrons. The summed E-state index contributed by atoms with van der Waals surface area (Å²) in [6.07, 6.45) is 1.75. The molecule has 10 heteroatoms. The Bertz CT molecular complexity index is 2190. The number of halogens is 1. The van der Waals surface area contributed by atoms with E-state index in [9.17, 15) is 9.59 Å². The highest BCUT2D eigenvalue weighted by Gasteiger charge is 2.32. The van der Waals surface area contributed by atoms with Gasteiger partial charge in [0.1, 0.15) is 19.0 Å². The van der Waals surface area contributed by atoms with Crippen LogP contribution in [0.2, 0.25) is 5.02 Å². The normalized spacial score (nSPS) is 14.3. The lowest BCUT2D eigenvalue weighted by molar-refractivity contribution is -0.113. The van der Waals surface area contributed by atoms with E-state index in [4.69, 9.17) is 30.8 Å². The van der Waals surface area contributed by atoms with Gasteiger partial charge in [0.15, 0.2) is 16.3 Å². The summed E-state index contributed by atoms with van der Waals surface area (Å²) in [6.45, 7) is 6.46. The predicted molar refractivity (Wildman–Crippen MR) is 190 cm³/mol. The van der Waals surface area contributed by atoms with Crippen molar-refractivity contribution < 1.29 is 19.0 Å². The summed E-state index contributed by atoms with van der Waals surface area (Å²) in [5.74, 6) is 1.25. The minimum atomic E-state index is -0.673. The largest absolute Gasteiger partial charge is 0.493 e. The number of anilines is 1. The molecule has 1 atom stereocenters. The highest BCUT2D eigenvalue weighted by Crippen LogP contribution is 2.37. The van der Waals surface area contributed by atoms with E-state index in [1.807, 2.05) is 85.8 Å². The Morgan fingerprint density at radius 3 is 2.35 bits per heavy atom. The number of nitrogens with one attached hydrogen (secondary N) is 1. The van der Waals surface area contributed by atoms with Crippen LogP contribution in [0.4, 0.5) is 5.69 Å². The average molecular weight is 680 g/mol. The lowest BCUT2D eigenvalue weighted by Crippen LogP contribution is -2.40. The number of rotatable bonds is 10. The van der Waals surface area contributed by atoms with Crippen LogP contribution in [-0.2, 0) is 4.79 Å². The molecule has 0 saturated heterocycles. The zero-order chi connectivity index (χ0) is 33.8. The Morgan fingerprint density at radius 1 is 0.938 bits per heavy atom. The summed E-state index contributed by atoms with van der Waals surface area (Å²) < 4.78 is 19.4. The molecule has 6 rings (SSSR count). The van der Waals surface area contributed by atoms with Crippen molar-refractivity contribution in [2.45, 2.75) is 26.8 Å². The summed E-state index contributed by atoms with van der Waals surface area (Å²) in [7, 11) is 1.53. The predicted octanol–water partition coefficient (Wildman–Crippen LogP) is 6.61. The second-order valence-electron chi connectivity index (χ2n) is 11.3. The highest BCUT2D eigenvalue weighted by atomic mass is 35.5. The van der Waals surface area contributed by atoms with Gasteiger partial charge >= 0.3 is 0 Å². The number of allylic oxidation sites excluding steroid dienone is 1. The fourth-order valence-electron chi connectivity index (χ4n) is 5.50. The molecule has 0 fully saturated rings. The van der Waals surface area contributed by atoms with Crippen LogP contribution in [-0.4, -0.2) is 30.8 Å². The minimum absolute atomic E-state index is 0.250. The van der Waals surface area contributed by atoms with Crippen molar-refractivity contribution in [2.24, 2.45) is 4.99 Å². The van der Waals surface area contributed by atoms with E-state index in [2.05, 4.69) is 12.2 Å². The van der Waals surface area contributed by atoms with Gasteiger partial charge in [0.2, 0.25) is 0 Å². The molecule has 1 amide bonds. The molecule has 244 valence electrons. The number of amides is 1. The van der Waals surface area contributed by atoms with Crippen LogP contribution in [0, 0.1) is 13.8 Å². The number of methoxy groups -OCH3 is 1. The molecule has 4 aromatic carbocycles. The van der Waals surface area contributed by atoms with Crippen LogP contribution in [0.25, 0.3) is 6.08 Å². The van der Waals surface area contributed by atoms with Crippen molar-refractivity contribution >= 4 is 40.6 Å². The van der Waals surface area contributed by atoms with Crippen LogP contribution >= 0.6 is 22.9 Å². The van der Waals surface area contributed by atoms with E-state index < -0.39 is 6.04 Å². The number of nitrogens with zero attached hydrogens (tertiary/aromatic N) is 2. The third kappa shape index (κ3) is 6.93. The Balaban J connectivity index is 1.30. The summed E-state index contributed by atoms with van der Waals surface area (Å²) in [4.78, 5) is 33.0. The van der Waals surface area contributed by atoms with Crippen molar-refractivity contribution in [1.29, 1.82) is 0 Å². The molecule has 0 unspecified atom stereocenters. The molecular formula is C38H34ClN3O5S. The number of fused-ring (bicyclic) bond motifs is 1. The molecule has 5 aromatic rings. The van der Waals surface area contributed by atoms with E-state index in [0.717, 1.165) is 16.9 Å². The van der Waals surface area contributed by atoms with Crippen LogP contribution in [0.3, 0.4) is 0 Å². The van der Waals surface area contributed by atoms with E-state index >= 15 is 0 Å². The van der Waals surface area contributed by atoms with Gasteiger partial charge in [-0.15, -0.1) is 0 Å². The number of ether oxygens (including phenoxy) is 3. The second-order valence-corrected chi connectivity index (χ2v) is 12.7. The van der Waals surface area contributed by atoms with Crippen molar-refractivity contribution in [3.05, 3.63) is 149 Å². The minimum Gasteiger partial charge on any atom is -0.493 e. The summed E-state index contributed by atoms with van der Waals surface area (Å²) >= 11 is 7.93. The van der Waals surface area contributed by atoms with Gasteiger partial charge in [0, 0.05) is 5.69 Å². The fraction of sp³-hybridized carbons (Fsp3) is 0.184. The van der Waals surface area contributed by atoms with Gasteiger partial charge in [0.05, 0.1) is 34.0 Å². The number of benzene rings is 4. The van der Waals surface area contributed by atoms with Gasteiger partial charge in [-0.1, -0.05) is 77.5 Å². The number of carbonyl (C=O) groups is 1. The third-order valence-electron chi connectivity index (χ3n) is 8.04. The van der Waals surface area contributed by atoms with Gasteiger partial charge in [-0.25, -0.2) is 4.99 Å². The zero-order valence-corrected chi connectivity index (χ0v) is 28.5. The molecule has 1 N–H and O–H groups in total. The molecule has 8 nitrogen and oxygen atoms in total. The van der Waals surface area contributed by atoms with Gasteiger partial charge in [0.25, 0.3) is 11.5 Å². The van der Waals surface area contributed by atoms with Gasteiger partial charge in [-0.3, -0.25) is 14.2 Å². The maximum atomic E-state index is 14.1. The molecule has 0 aliphatic carbocycles. The lowest BCUT2D eigenvalue weighted by atomic mass is 9.95. The first kappa shape index (κ1) is 32.8. The monoisotopic (exact) mass is 679 g/mol. The van der Waals surface area contributed by atoms with Crippen LogP contribution in [0.15, 0.2) is 112 Å². The number of hydrogen-bond acceptors (Lipinski definition) is 7. The first-order valence-corrected chi connectivity index (χ1v) is 16.6. The van der Waals surface area contributed by atoms with Crippen molar-refractivity contribution in [2.75, 3.05) is 25.6 Å². The van der Waals surface area contributed by atoms with E-state index in [-0.39, 0.29) is 18.1 Å². The Hall–Kier alpha value is -5.12. The average Bonchev–Trinajstić information content (AvgIpc) is 3.38. The smallest absolute Gasteiger partial charge is 0.271 e. The molecule has 1 aliphatic heterocycles. The summed E-state index contributed by atoms with van der Waals surface area (Å²) in [5, 5.41) is 3.30. The molecule has 48 heavy (non-hydrogen) atoms. The van der Waals surface area contributed by atoms with E-state index in [1.165, 1.54) is 24.0 Å². The number of aromatic nitrogens is 1. The first-order valence-electron chi connectivity index (χ1n) is 15.4. The Kier molecular flexibility index (Phi) is 9.80. The molecule has 0 saturated carbocycles. The summed E-state index contributed by atoms with van der Waals surface area (Å²) in [5.41, 5.74) is 5.12. The van der Waals surface area contributed by atoms with Crippen molar-refractivity contribution in [3.63, 3.8) is 0 Å². The second kappa shape index (κ2) is 14.3. The van der Waals surface area contributed by atoms with Gasteiger partial charge in [-0.05, 0) is 85.5 Å². The van der Waals surface area contributed by atoms with Crippen molar-refractivity contribution in [1.82, 2.24) is 4.57 Å². The number of hydrogen-bond donors (Lipinski definition) is 1. The van der Waals surface area contributed by atoms with E-state index in [1.54, 1.807) is 29.7 Å². The molecule has 2 heterocycles. The van der Waals surface area contributed by atoms with Crippen LogP contribution in [0.1, 0.15) is 35.2 Å². The molecule has 1 aromatic heterocycles. The topological polar surface area (TPSA) is 91.2 Å². The van der Waals surface area contributed by atoms with E-state index in [0.29, 0.717) is 55.0 Å². The fourth-order valence-corrected chi connectivity index (χ4v) is 6.82. The molecule has 1 aliphatic rings. The highest BCUT2D eigenvalue weighted by molar-refractivity contribution is 7.07. The molecule has 0 spiro atoms. The molecular weight excluding hydrogens is 646 g/mol. The van der Waals surface area contributed by atoms with Gasteiger partial charge < -0.3 is 19.5 Å². The third-order valence-corrected chi connectivity index (χ3v) is 9.30. The molecule has 0 bridgehead atoms. The Morgan fingerprint density at radius 2 is 1.65 bits per heavy atom. The van der Waals surface area contributed by atoms with Gasteiger partial charge in [-0.2, -0.15) is 0 Å². The van der Waals surface area contributed by atoms with Crippen LogP contribution < -0.4 is 34.4 Å². The quantitative estimate of drug-likeness (QED) is 0.168. The maximum Gasteiger partial charge on any atom is 0.271 e. The lowest BCUT2D eigenvalue weighted by Gasteiger charge is -2.25. The zero-order valence-electron chi connectivity index (χ0n) is 27.0. The number of thiazole rings is 1. The Labute approximate surface area is 287 Å². The number of para-hydroxylation sites is 1. The number of carbonyl (C=O) groups excluding carboxylic acids is 1. The maximum absolute atomic E-state index is 14.1. The van der Waals surface area contributed by atoms with Crippen LogP contribution in [0.5, 0.6) is 17.2 Å². The van der Waals surface area contributed by atoms with Crippen molar-refractivity contribution in [3.8, 4) is 17.2 Å². The first-order chi connectivity index (χ1) is 23.2. The summed E-state index contributed by atoms with van der Waals surface area (Å²) in [6, 6.07) is 27.5. The number of aryl methyl sites for hydroxylation is 2. The standard InChI is InChI=1S/C38H34ClN3O5S/c1-23-15-16-29(19-24(23)2)46-17-18-47-35-30(39)20-26(21-31(35)45-4)22-32-37(44)42-34(27-11-7-5-8-12-27)33(25(3)40-38(42)48-32)36(43)41-28-13-9-6-10-14-28/h5-16,19-22,34H,17-18H2,1-4H3,(H,41,43)/b32-22-/t34-/m1/s1.